The first-order valence-electron chi connectivity index (χ1n) is 9.99. The number of rotatable bonds is 10. The van der Waals surface area contributed by atoms with Crippen molar-refractivity contribution >= 4 is 40.9 Å². The van der Waals surface area contributed by atoms with E-state index < -0.39 is 36.8 Å². The van der Waals surface area contributed by atoms with Crippen LogP contribution in [0.1, 0.15) is 10.4 Å². The highest BCUT2D eigenvalue weighted by molar-refractivity contribution is 7.99. The normalized spacial score (nSPS) is 10.4. The van der Waals surface area contributed by atoms with Gasteiger partial charge in [-0.15, -0.1) is 0 Å². The Morgan fingerprint density at radius 3 is 2.03 bits per heavy atom. The van der Waals surface area contributed by atoms with Gasteiger partial charge in [0.05, 0.1) is 0 Å². The van der Waals surface area contributed by atoms with Crippen LogP contribution in [0.4, 0.5) is 20.2 Å². The number of benzene rings is 3. The standard InChI is InChI=1S/C24H20F2N2O5S/c25-24(26)34-18-12-10-17(11-13-18)28-21(29)14-32-20-9-5-4-8-19(20)23(31)33-15-22(30)27-16-6-2-1-3-7-16/h1-13,24H,14-15H2,(H,27,30)(H,28,29). The second-order valence-electron chi connectivity index (χ2n) is 6.73. The molecule has 0 heterocycles. The minimum atomic E-state index is -2.53. The van der Waals surface area contributed by atoms with Crippen LogP contribution >= 0.6 is 11.8 Å². The van der Waals surface area contributed by atoms with E-state index in [1.807, 2.05) is 0 Å². The minimum Gasteiger partial charge on any atom is -0.483 e. The number of esters is 1. The summed E-state index contributed by atoms with van der Waals surface area (Å²) in [6, 6.07) is 20.8. The largest absolute Gasteiger partial charge is 0.483 e. The van der Waals surface area contributed by atoms with E-state index >= 15 is 0 Å². The summed E-state index contributed by atoms with van der Waals surface area (Å²) in [7, 11) is 0. The van der Waals surface area contributed by atoms with Crippen molar-refractivity contribution in [2.45, 2.75) is 10.7 Å². The maximum atomic E-state index is 12.4. The predicted octanol–water partition coefficient (Wildman–Crippen LogP) is 4.81. The monoisotopic (exact) mass is 486 g/mol. The second-order valence-corrected chi connectivity index (χ2v) is 7.79. The number of amides is 2. The van der Waals surface area contributed by atoms with Crippen LogP contribution in [0, 0.1) is 0 Å². The number of alkyl halides is 2. The van der Waals surface area contributed by atoms with Gasteiger partial charge < -0.3 is 20.1 Å². The van der Waals surface area contributed by atoms with E-state index in [0.29, 0.717) is 28.0 Å². The molecule has 0 aromatic heterocycles. The summed E-state index contributed by atoms with van der Waals surface area (Å²) in [5.74, 6) is -4.23. The average molecular weight is 486 g/mol. The third kappa shape index (κ3) is 7.89. The van der Waals surface area contributed by atoms with Gasteiger partial charge in [0, 0.05) is 16.3 Å². The first kappa shape index (κ1) is 24.7. The van der Waals surface area contributed by atoms with Crippen LogP contribution in [0.2, 0.25) is 0 Å². The van der Waals surface area contributed by atoms with Gasteiger partial charge in [0.15, 0.2) is 13.2 Å². The van der Waals surface area contributed by atoms with E-state index in [-0.39, 0.29) is 11.3 Å². The fourth-order valence-electron chi connectivity index (χ4n) is 2.75. The zero-order valence-electron chi connectivity index (χ0n) is 17.7. The third-order valence-corrected chi connectivity index (χ3v) is 4.94. The Balaban J connectivity index is 1.50. The summed E-state index contributed by atoms with van der Waals surface area (Å²) < 4.78 is 35.3. The van der Waals surface area contributed by atoms with E-state index in [9.17, 15) is 23.2 Å². The van der Waals surface area contributed by atoms with Crippen molar-refractivity contribution < 1.29 is 32.6 Å². The van der Waals surface area contributed by atoms with Crippen molar-refractivity contribution in [3.05, 3.63) is 84.4 Å². The smallest absolute Gasteiger partial charge is 0.342 e. The zero-order valence-corrected chi connectivity index (χ0v) is 18.5. The lowest BCUT2D eigenvalue weighted by molar-refractivity contribution is -0.119. The summed E-state index contributed by atoms with van der Waals surface area (Å²) in [5.41, 5.74) is 1.03. The molecule has 7 nitrogen and oxygen atoms in total. The molecule has 2 amide bonds. The number of anilines is 2. The first-order valence-corrected chi connectivity index (χ1v) is 10.9. The van der Waals surface area contributed by atoms with Gasteiger partial charge in [-0.1, -0.05) is 42.1 Å². The van der Waals surface area contributed by atoms with Crippen molar-refractivity contribution in [1.82, 2.24) is 0 Å². The molecule has 0 atom stereocenters. The van der Waals surface area contributed by atoms with Gasteiger partial charge in [0.25, 0.3) is 17.6 Å². The van der Waals surface area contributed by atoms with Gasteiger partial charge in [-0.2, -0.15) is 8.78 Å². The molecule has 0 aliphatic rings. The van der Waals surface area contributed by atoms with Gasteiger partial charge >= 0.3 is 5.97 Å². The molecular formula is C24H20F2N2O5S. The van der Waals surface area contributed by atoms with E-state index in [1.165, 1.54) is 36.4 Å². The van der Waals surface area contributed by atoms with Crippen LogP contribution in [-0.2, 0) is 14.3 Å². The van der Waals surface area contributed by atoms with Crippen LogP contribution < -0.4 is 15.4 Å². The van der Waals surface area contributed by atoms with Crippen LogP contribution in [0.25, 0.3) is 0 Å². The molecule has 3 aromatic rings. The molecule has 0 aliphatic heterocycles. The summed E-state index contributed by atoms with van der Waals surface area (Å²) in [5, 5.41) is 5.18. The molecule has 0 aliphatic carbocycles. The van der Waals surface area contributed by atoms with E-state index in [0.717, 1.165) is 0 Å². The quantitative estimate of drug-likeness (QED) is 0.315. The SMILES string of the molecule is O=C(COC(=O)c1ccccc1OCC(=O)Nc1ccc(SC(F)F)cc1)Nc1ccccc1. The number of carbonyl (C=O) groups excluding carboxylic acids is 3. The lowest BCUT2D eigenvalue weighted by Crippen LogP contribution is -2.22. The second kappa shape index (κ2) is 12.4. The van der Waals surface area contributed by atoms with Crippen LogP contribution in [-0.4, -0.2) is 36.8 Å². The van der Waals surface area contributed by atoms with E-state index in [4.69, 9.17) is 9.47 Å². The van der Waals surface area contributed by atoms with Crippen molar-refractivity contribution in [3.63, 3.8) is 0 Å². The molecule has 0 fully saturated rings. The summed E-state index contributed by atoms with van der Waals surface area (Å²) in [6.45, 7) is -0.908. The number of para-hydroxylation sites is 2. The van der Waals surface area contributed by atoms with Gasteiger partial charge in [0.1, 0.15) is 11.3 Å². The molecular weight excluding hydrogens is 466 g/mol. The Morgan fingerprint density at radius 1 is 0.765 bits per heavy atom. The molecule has 10 heteroatoms. The fraction of sp³-hybridized carbons (Fsp3) is 0.125. The molecule has 3 aromatic carbocycles. The Labute approximate surface area is 198 Å². The maximum absolute atomic E-state index is 12.4. The van der Waals surface area contributed by atoms with Crippen molar-refractivity contribution in [2.24, 2.45) is 0 Å². The Bertz CT molecular complexity index is 1130. The highest BCUT2D eigenvalue weighted by Gasteiger charge is 2.16. The zero-order chi connectivity index (χ0) is 24.3. The first-order chi connectivity index (χ1) is 16.4. The van der Waals surface area contributed by atoms with E-state index in [2.05, 4.69) is 10.6 Å². The highest BCUT2D eigenvalue weighted by atomic mass is 32.2. The van der Waals surface area contributed by atoms with Crippen LogP contribution in [0.5, 0.6) is 5.75 Å². The predicted molar refractivity (Wildman–Crippen MR) is 124 cm³/mol. The van der Waals surface area contributed by atoms with Crippen molar-refractivity contribution in [2.75, 3.05) is 23.8 Å². The number of nitrogens with one attached hydrogen (secondary N) is 2. The van der Waals surface area contributed by atoms with Crippen molar-refractivity contribution in [3.8, 4) is 5.75 Å². The number of ether oxygens (including phenoxy) is 2. The van der Waals surface area contributed by atoms with Gasteiger partial charge in [-0.3, -0.25) is 9.59 Å². The Kier molecular flexibility index (Phi) is 8.98. The molecule has 0 radical (unpaired) electrons. The average Bonchev–Trinajstić information content (AvgIpc) is 2.83. The number of carbonyl (C=O) groups is 3. The molecule has 0 saturated carbocycles. The van der Waals surface area contributed by atoms with Crippen LogP contribution in [0.15, 0.2) is 83.8 Å². The molecule has 3 rings (SSSR count). The number of hydrogen-bond donors (Lipinski definition) is 2. The summed E-state index contributed by atoms with van der Waals surface area (Å²) in [4.78, 5) is 37.0. The van der Waals surface area contributed by atoms with Gasteiger partial charge in [-0.05, 0) is 48.5 Å². The molecule has 0 bridgehead atoms. The highest BCUT2D eigenvalue weighted by Crippen LogP contribution is 2.26. The minimum absolute atomic E-state index is 0.0520. The van der Waals surface area contributed by atoms with Crippen LogP contribution in [0.3, 0.4) is 0 Å². The topological polar surface area (TPSA) is 93.7 Å². The molecule has 0 unspecified atom stereocenters. The lowest BCUT2D eigenvalue weighted by Gasteiger charge is -2.12. The van der Waals surface area contributed by atoms with Gasteiger partial charge in [-0.25, -0.2) is 4.79 Å². The number of thioether (sulfide) groups is 1. The Hall–Kier alpha value is -3.92. The summed E-state index contributed by atoms with van der Waals surface area (Å²) >= 11 is 0.404. The summed E-state index contributed by atoms with van der Waals surface area (Å²) in [6.07, 6.45) is 0. The molecule has 2 N–H and O–H groups in total. The Morgan fingerprint density at radius 2 is 1.35 bits per heavy atom. The fourth-order valence-corrected chi connectivity index (χ4v) is 3.25. The maximum Gasteiger partial charge on any atom is 0.342 e. The number of halogens is 2. The van der Waals surface area contributed by atoms with E-state index in [1.54, 1.807) is 42.5 Å². The van der Waals surface area contributed by atoms with Gasteiger partial charge in [0.2, 0.25) is 0 Å². The molecule has 0 spiro atoms. The molecule has 0 saturated heterocycles. The number of hydrogen-bond acceptors (Lipinski definition) is 6. The molecule has 176 valence electrons. The lowest BCUT2D eigenvalue weighted by atomic mass is 10.2. The third-order valence-electron chi connectivity index (χ3n) is 4.22. The molecule has 34 heavy (non-hydrogen) atoms. The van der Waals surface area contributed by atoms with Crippen molar-refractivity contribution in [1.29, 1.82) is 0 Å².